The van der Waals surface area contributed by atoms with Gasteiger partial charge in [-0.3, -0.25) is 0 Å². The standard InChI is InChI=1S/C18H23N5/c1-12(2)18(19)23-7-6-14-8-13(4-5-16(14)23)9-15-10-17(20-3)22-11-21-15/h4-5,8,10-11,18H,1,6-7,9,19H2,2-3H3,(H,20,21,22). The number of fused-ring (bicyclic) bond motifs is 1. The van der Waals surface area contributed by atoms with Gasteiger partial charge in [0.25, 0.3) is 0 Å². The number of nitrogens with one attached hydrogen (secondary N) is 1. The van der Waals surface area contributed by atoms with Crippen LogP contribution < -0.4 is 16.0 Å². The number of aromatic nitrogens is 2. The number of nitrogens with two attached hydrogens (primary N) is 1. The quantitative estimate of drug-likeness (QED) is 0.830. The van der Waals surface area contributed by atoms with E-state index in [9.17, 15) is 0 Å². The third-order valence-electron chi connectivity index (χ3n) is 4.28. The second-order valence-corrected chi connectivity index (χ2v) is 6.02. The molecule has 1 aromatic heterocycles. The van der Waals surface area contributed by atoms with Crippen molar-refractivity contribution < 1.29 is 0 Å². The van der Waals surface area contributed by atoms with Gasteiger partial charge in [0.05, 0.1) is 11.9 Å². The molecule has 3 N–H and O–H groups in total. The van der Waals surface area contributed by atoms with Gasteiger partial charge < -0.3 is 16.0 Å². The second kappa shape index (κ2) is 6.38. The minimum absolute atomic E-state index is 0.109. The maximum absolute atomic E-state index is 6.23. The summed E-state index contributed by atoms with van der Waals surface area (Å²) in [6.45, 7) is 6.90. The van der Waals surface area contributed by atoms with Gasteiger partial charge in [-0.25, -0.2) is 9.97 Å². The first-order chi connectivity index (χ1) is 11.1. The van der Waals surface area contributed by atoms with E-state index in [4.69, 9.17) is 5.73 Å². The van der Waals surface area contributed by atoms with Gasteiger partial charge in [-0.1, -0.05) is 18.7 Å². The Hall–Kier alpha value is -2.40. The number of rotatable bonds is 5. The normalized spacial score (nSPS) is 14.5. The van der Waals surface area contributed by atoms with Crippen LogP contribution in [0.2, 0.25) is 0 Å². The van der Waals surface area contributed by atoms with Crippen molar-refractivity contribution in [3.63, 3.8) is 0 Å². The Bertz CT molecular complexity index is 725. The van der Waals surface area contributed by atoms with E-state index in [2.05, 4.69) is 45.0 Å². The molecule has 1 atom stereocenters. The Kier molecular flexibility index (Phi) is 4.30. The average Bonchev–Trinajstić information content (AvgIpc) is 2.97. The van der Waals surface area contributed by atoms with Gasteiger partial charge in [0.15, 0.2) is 0 Å². The van der Waals surface area contributed by atoms with Crippen LogP contribution in [0.1, 0.15) is 23.7 Å². The molecule has 1 aliphatic heterocycles. The summed E-state index contributed by atoms with van der Waals surface area (Å²) < 4.78 is 0. The van der Waals surface area contributed by atoms with Crippen LogP contribution in [-0.2, 0) is 12.8 Å². The van der Waals surface area contributed by atoms with Crippen molar-refractivity contribution in [1.29, 1.82) is 0 Å². The first kappa shape index (κ1) is 15.5. The molecule has 5 nitrogen and oxygen atoms in total. The van der Waals surface area contributed by atoms with E-state index >= 15 is 0 Å². The van der Waals surface area contributed by atoms with Gasteiger partial charge in [0.1, 0.15) is 12.1 Å². The lowest BCUT2D eigenvalue weighted by atomic mass is 10.0. The van der Waals surface area contributed by atoms with E-state index in [1.54, 1.807) is 6.33 Å². The molecule has 120 valence electrons. The molecule has 0 aliphatic carbocycles. The summed E-state index contributed by atoms with van der Waals surface area (Å²) >= 11 is 0. The largest absolute Gasteiger partial charge is 0.373 e. The van der Waals surface area contributed by atoms with E-state index < -0.39 is 0 Å². The lowest BCUT2D eigenvalue weighted by molar-refractivity contribution is 0.706. The fourth-order valence-electron chi connectivity index (χ4n) is 2.99. The van der Waals surface area contributed by atoms with Crippen molar-refractivity contribution in [2.75, 3.05) is 23.8 Å². The molecule has 2 heterocycles. The molecule has 0 fully saturated rings. The van der Waals surface area contributed by atoms with Crippen LogP contribution in [0.4, 0.5) is 11.5 Å². The summed E-state index contributed by atoms with van der Waals surface area (Å²) in [6, 6.07) is 8.57. The van der Waals surface area contributed by atoms with Crippen molar-refractivity contribution >= 4 is 11.5 Å². The van der Waals surface area contributed by atoms with E-state index in [0.29, 0.717) is 0 Å². The van der Waals surface area contributed by atoms with Crippen molar-refractivity contribution in [2.45, 2.75) is 25.9 Å². The van der Waals surface area contributed by atoms with Crippen LogP contribution in [0, 0.1) is 0 Å². The Balaban J connectivity index is 1.81. The molecule has 0 amide bonds. The van der Waals surface area contributed by atoms with Crippen molar-refractivity contribution in [1.82, 2.24) is 9.97 Å². The predicted molar refractivity (Wildman–Crippen MR) is 94.7 cm³/mol. The third-order valence-corrected chi connectivity index (χ3v) is 4.28. The Morgan fingerprint density at radius 1 is 1.39 bits per heavy atom. The van der Waals surface area contributed by atoms with Crippen LogP contribution >= 0.6 is 0 Å². The zero-order valence-corrected chi connectivity index (χ0v) is 13.7. The summed E-state index contributed by atoms with van der Waals surface area (Å²) in [4.78, 5) is 10.7. The minimum atomic E-state index is -0.109. The molecule has 1 unspecified atom stereocenters. The summed E-state index contributed by atoms with van der Waals surface area (Å²) in [7, 11) is 1.86. The Labute approximate surface area is 137 Å². The number of anilines is 2. The monoisotopic (exact) mass is 309 g/mol. The van der Waals surface area contributed by atoms with Crippen molar-refractivity contribution in [3.05, 3.63) is 59.6 Å². The maximum Gasteiger partial charge on any atom is 0.129 e. The van der Waals surface area contributed by atoms with Gasteiger partial charge >= 0.3 is 0 Å². The molecule has 1 aromatic carbocycles. The maximum atomic E-state index is 6.23. The van der Waals surface area contributed by atoms with Gasteiger partial charge in [0, 0.05) is 31.8 Å². The predicted octanol–water partition coefficient (Wildman–Crippen LogP) is 2.33. The van der Waals surface area contributed by atoms with Crippen LogP contribution in [-0.4, -0.2) is 29.7 Å². The molecular formula is C18H23N5. The average molecular weight is 309 g/mol. The lowest BCUT2D eigenvalue weighted by Gasteiger charge is -2.27. The summed E-state index contributed by atoms with van der Waals surface area (Å²) in [5.74, 6) is 0.842. The molecule has 0 radical (unpaired) electrons. The van der Waals surface area contributed by atoms with E-state index in [1.165, 1.54) is 16.8 Å². The number of hydrogen-bond acceptors (Lipinski definition) is 5. The highest BCUT2D eigenvalue weighted by Gasteiger charge is 2.24. The van der Waals surface area contributed by atoms with E-state index in [-0.39, 0.29) is 6.17 Å². The van der Waals surface area contributed by atoms with Crippen molar-refractivity contribution in [2.24, 2.45) is 5.73 Å². The highest BCUT2D eigenvalue weighted by molar-refractivity contribution is 5.61. The minimum Gasteiger partial charge on any atom is -0.373 e. The molecule has 23 heavy (non-hydrogen) atoms. The first-order valence-corrected chi connectivity index (χ1v) is 7.86. The van der Waals surface area contributed by atoms with Crippen LogP contribution in [0.15, 0.2) is 42.7 Å². The third kappa shape index (κ3) is 3.19. The van der Waals surface area contributed by atoms with Crippen molar-refractivity contribution in [3.8, 4) is 0 Å². The molecule has 3 rings (SSSR count). The SMILES string of the molecule is C=C(C)C(N)N1CCc2cc(Cc3cc(NC)ncn3)ccc21. The number of hydrogen-bond donors (Lipinski definition) is 2. The number of nitrogens with zero attached hydrogens (tertiary/aromatic N) is 3. The van der Waals surface area contributed by atoms with Gasteiger partial charge in [-0.05, 0) is 36.1 Å². The second-order valence-electron chi connectivity index (χ2n) is 6.02. The smallest absolute Gasteiger partial charge is 0.129 e. The van der Waals surface area contributed by atoms with Crippen LogP contribution in [0.25, 0.3) is 0 Å². The topological polar surface area (TPSA) is 67.1 Å². The van der Waals surface area contributed by atoms with Gasteiger partial charge in [0.2, 0.25) is 0 Å². The molecule has 2 aromatic rings. The molecule has 0 saturated heterocycles. The van der Waals surface area contributed by atoms with Gasteiger partial charge in [-0.15, -0.1) is 0 Å². The lowest BCUT2D eigenvalue weighted by Crippen LogP contribution is -2.41. The highest BCUT2D eigenvalue weighted by atomic mass is 15.2. The number of benzene rings is 1. The molecule has 0 bridgehead atoms. The van der Waals surface area contributed by atoms with E-state index in [0.717, 1.165) is 36.5 Å². The zero-order chi connectivity index (χ0) is 16.4. The summed E-state index contributed by atoms with van der Waals surface area (Å²) in [5, 5.41) is 3.04. The van der Waals surface area contributed by atoms with Gasteiger partial charge in [-0.2, -0.15) is 0 Å². The molecular weight excluding hydrogens is 286 g/mol. The fraction of sp³-hybridized carbons (Fsp3) is 0.333. The molecule has 0 saturated carbocycles. The Morgan fingerprint density at radius 2 is 2.22 bits per heavy atom. The summed E-state index contributed by atoms with van der Waals surface area (Å²) in [5.41, 5.74) is 12.1. The summed E-state index contributed by atoms with van der Waals surface area (Å²) in [6.07, 6.45) is 3.32. The van der Waals surface area contributed by atoms with E-state index in [1.807, 2.05) is 20.0 Å². The van der Waals surface area contributed by atoms with Crippen LogP contribution in [0.5, 0.6) is 0 Å². The highest BCUT2D eigenvalue weighted by Crippen LogP contribution is 2.31. The molecule has 5 heteroatoms. The van der Waals surface area contributed by atoms with Crippen LogP contribution in [0.3, 0.4) is 0 Å². The Morgan fingerprint density at radius 3 is 2.96 bits per heavy atom. The zero-order valence-electron chi connectivity index (χ0n) is 13.7. The molecule has 1 aliphatic rings. The first-order valence-electron chi connectivity index (χ1n) is 7.86. The molecule has 0 spiro atoms. The fourth-order valence-corrected chi connectivity index (χ4v) is 2.99.